The molecule has 5 heterocycles. The number of phenolic OH excluding ortho intramolecular Hbond substituents is 1. The van der Waals surface area contributed by atoms with Gasteiger partial charge in [-0.2, -0.15) is 0 Å². The Kier molecular flexibility index (Phi) is 15.0. The Labute approximate surface area is 422 Å². The number of nitrogens with one attached hydrogen (secondary N) is 3. The molecule has 3 aliphatic heterocycles. The molecule has 17 heteroatoms. The van der Waals surface area contributed by atoms with Crippen LogP contribution in [0.4, 0.5) is 21.8 Å². The maximum Gasteiger partial charge on any atom is 0.246 e. The van der Waals surface area contributed by atoms with E-state index < -0.39 is 35.2 Å². The number of nitrogens with zero attached hydrogens (tertiary/aromatic N) is 8. The van der Waals surface area contributed by atoms with Crippen LogP contribution in [0.25, 0.3) is 11.3 Å². The molecule has 4 aromatic rings. The van der Waals surface area contributed by atoms with Crippen molar-refractivity contribution in [2.24, 2.45) is 16.7 Å². The zero-order valence-electron chi connectivity index (χ0n) is 42.1. The number of piperidine rings is 1. The number of para-hydroxylation sites is 1. The standard InChI is InChI=1S/C55H70FN11O5/c1-6-35-11-13-36(14-12-35)31-58-51(71)46-27-41(68)34-67(46)52(72)48(54(3,4)5)61-50(70)38-15-19-55(20-16-38)29-40(30-55)64-21-17-37(18-22-64)39-32-59-53(60-33-39)66-25-23-65(24-26-66)45-28-44(62-63-49(45)57-7-2)42-9-8-10-43(56)47(42)69/h1,8-14,28,32-33,37-38,40-41,46,48,68-69H,7,15-27,29-31,34H2,2-5H3,(H,57,63)(H,58,71)(H,61,70)/t38?,40?,41-,46+,48-,55?/m1/s1. The van der Waals surface area contributed by atoms with Gasteiger partial charge >= 0.3 is 0 Å². The van der Waals surface area contributed by atoms with Crippen molar-refractivity contribution in [3.63, 3.8) is 0 Å². The van der Waals surface area contributed by atoms with Gasteiger partial charge in [-0.05, 0) is 130 Å². The summed E-state index contributed by atoms with van der Waals surface area (Å²) in [4.78, 5) is 59.8. The number of β-amino-alcohol motifs (C(OH)–C–C–N with tert-alkyl or cyclic N) is 1. The first-order chi connectivity index (χ1) is 34.6. The smallest absolute Gasteiger partial charge is 0.246 e. The van der Waals surface area contributed by atoms with Gasteiger partial charge in [0.15, 0.2) is 17.4 Å². The Bertz CT molecular complexity index is 2610. The number of carbonyl (C=O) groups is 3. The number of rotatable bonds is 13. The van der Waals surface area contributed by atoms with E-state index in [1.165, 1.54) is 16.5 Å². The molecule has 3 atom stereocenters. The summed E-state index contributed by atoms with van der Waals surface area (Å²) in [5, 5.41) is 39.1. The number of terminal acetylenes is 1. The molecule has 0 radical (unpaired) electrons. The number of hydrogen-bond donors (Lipinski definition) is 5. The zero-order valence-corrected chi connectivity index (χ0v) is 42.1. The van der Waals surface area contributed by atoms with Crippen LogP contribution in [-0.2, 0) is 20.9 Å². The molecule has 1 spiro atoms. The average Bonchev–Trinajstić information content (AvgIpc) is 3.79. The van der Waals surface area contributed by atoms with E-state index in [1.807, 2.05) is 70.4 Å². The Morgan fingerprint density at radius 3 is 2.25 bits per heavy atom. The van der Waals surface area contributed by atoms with E-state index in [-0.39, 0.29) is 48.6 Å². The average molecular weight is 984 g/mol. The van der Waals surface area contributed by atoms with E-state index in [0.717, 1.165) is 81.3 Å². The molecular weight excluding hydrogens is 914 g/mol. The molecule has 3 amide bonds. The summed E-state index contributed by atoms with van der Waals surface area (Å²) in [6.07, 6.45) is 16.8. The Balaban J connectivity index is 0.714. The topological polar surface area (TPSA) is 192 Å². The lowest BCUT2D eigenvalue weighted by Crippen LogP contribution is -2.59. The van der Waals surface area contributed by atoms with Gasteiger partial charge in [-0.25, -0.2) is 14.4 Å². The summed E-state index contributed by atoms with van der Waals surface area (Å²) < 4.78 is 14.2. The minimum atomic E-state index is -0.849. The lowest BCUT2D eigenvalue weighted by Gasteiger charge is -2.55. The summed E-state index contributed by atoms with van der Waals surface area (Å²) in [6.45, 7) is 13.6. The second-order valence-electron chi connectivity index (χ2n) is 21.8. The number of hydrogen-bond acceptors (Lipinski definition) is 13. The van der Waals surface area contributed by atoms with Crippen LogP contribution in [-0.4, -0.2) is 134 Å². The van der Waals surface area contributed by atoms with Gasteiger partial charge in [0, 0.05) is 87.7 Å². The van der Waals surface area contributed by atoms with E-state index in [1.54, 1.807) is 12.1 Å². The third kappa shape index (κ3) is 11.0. The van der Waals surface area contributed by atoms with Gasteiger partial charge in [0.2, 0.25) is 23.7 Å². The van der Waals surface area contributed by atoms with E-state index in [2.05, 4.69) is 46.8 Å². The molecule has 0 unspecified atom stereocenters. The predicted octanol–water partition coefficient (Wildman–Crippen LogP) is 5.85. The number of piperazine rings is 1. The maximum atomic E-state index is 14.2. The molecule has 9 rings (SSSR count). The minimum absolute atomic E-state index is 0.0346. The van der Waals surface area contributed by atoms with Gasteiger partial charge in [0.05, 0.1) is 17.5 Å². The van der Waals surface area contributed by atoms with E-state index in [0.29, 0.717) is 67.7 Å². The minimum Gasteiger partial charge on any atom is -0.504 e. The van der Waals surface area contributed by atoms with Gasteiger partial charge in [0.1, 0.15) is 12.1 Å². The lowest BCUT2D eigenvalue weighted by atomic mass is 9.56. The highest BCUT2D eigenvalue weighted by Crippen LogP contribution is 2.55. The highest BCUT2D eigenvalue weighted by molar-refractivity contribution is 5.93. The van der Waals surface area contributed by atoms with Crippen LogP contribution in [0.1, 0.15) is 108 Å². The monoisotopic (exact) mass is 984 g/mol. The van der Waals surface area contributed by atoms with Crippen molar-refractivity contribution in [2.45, 2.75) is 122 Å². The van der Waals surface area contributed by atoms with Crippen molar-refractivity contribution in [3.8, 4) is 29.4 Å². The van der Waals surface area contributed by atoms with E-state index in [9.17, 15) is 29.0 Å². The molecule has 5 aliphatic rings. The van der Waals surface area contributed by atoms with Crippen molar-refractivity contribution in [1.29, 1.82) is 0 Å². The molecular formula is C55H70FN11O5. The number of anilines is 3. The van der Waals surface area contributed by atoms with Crippen LogP contribution in [0.15, 0.2) is 60.9 Å². The van der Waals surface area contributed by atoms with Gasteiger partial charge in [0.25, 0.3) is 0 Å². The molecule has 2 saturated carbocycles. The summed E-state index contributed by atoms with van der Waals surface area (Å²) in [5.74, 6) is 2.25. The van der Waals surface area contributed by atoms with Crippen molar-refractivity contribution in [3.05, 3.63) is 83.4 Å². The molecule has 2 aromatic carbocycles. The number of aromatic nitrogens is 4. The first kappa shape index (κ1) is 50.6. The van der Waals surface area contributed by atoms with Crippen LogP contribution < -0.4 is 25.8 Å². The fourth-order valence-electron chi connectivity index (χ4n) is 11.7. The van der Waals surface area contributed by atoms with E-state index >= 15 is 0 Å². The normalized spacial score (nSPS) is 24.3. The van der Waals surface area contributed by atoms with Gasteiger partial charge < -0.3 is 45.8 Å². The second-order valence-corrected chi connectivity index (χ2v) is 21.8. The van der Waals surface area contributed by atoms with Crippen LogP contribution in [0.5, 0.6) is 5.75 Å². The molecule has 0 bridgehead atoms. The second kappa shape index (κ2) is 21.4. The van der Waals surface area contributed by atoms with Gasteiger partial charge in [-0.1, -0.05) is 44.9 Å². The fourth-order valence-corrected chi connectivity index (χ4v) is 11.7. The quantitative estimate of drug-likeness (QED) is 0.101. The number of aromatic hydroxyl groups is 1. The number of phenols is 1. The summed E-state index contributed by atoms with van der Waals surface area (Å²) in [5.41, 5.74) is 3.99. The largest absolute Gasteiger partial charge is 0.504 e. The van der Waals surface area contributed by atoms with Crippen molar-refractivity contribution in [2.75, 3.05) is 67.5 Å². The third-order valence-electron chi connectivity index (χ3n) is 16.1. The fraction of sp³-hybridized carbons (Fsp3) is 0.545. The van der Waals surface area contributed by atoms with E-state index in [4.69, 9.17) is 16.4 Å². The zero-order chi connectivity index (χ0) is 50.7. The maximum absolute atomic E-state index is 14.2. The molecule has 16 nitrogen and oxygen atoms in total. The van der Waals surface area contributed by atoms with Gasteiger partial charge in [-0.3, -0.25) is 14.4 Å². The van der Waals surface area contributed by atoms with Crippen LogP contribution in [0.3, 0.4) is 0 Å². The van der Waals surface area contributed by atoms with Crippen molar-refractivity contribution < 1.29 is 29.0 Å². The predicted molar refractivity (Wildman–Crippen MR) is 274 cm³/mol. The SMILES string of the molecule is C#Cc1ccc(CNC(=O)[C@@H]2C[C@@H](O)CN2C(=O)[C@@H](NC(=O)C2CCC3(CC2)CC(N2CCC(c4cnc(N5CCN(c6cc(-c7cccc(F)c7O)nnc6NCC)CC5)nc4)CC2)C3)C(C)(C)C)cc1. The lowest BCUT2D eigenvalue weighted by molar-refractivity contribution is -0.145. The van der Waals surface area contributed by atoms with Crippen molar-refractivity contribution >= 4 is 35.2 Å². The van der Waals surface area contributed by atoms with Gasteiger partial charge in [-0.15, -0.1) is 16.6 Å². The molecule has 2 aromatic heterocycles. The number of benzene rings is 2. The first-order valence-corrected chi connectivity index (χ1v) is 25.9. The summed E-state index contributed by atoms with van der Waals surface area (Å²) >= 11 is 0. The number of carbonyl (C=O) groups excluding carboxylic acids is 3. The molecule has 3 saturated heterocycles. The van der Waals surface area contributed by atoms with Crippen LogP contribution >= 0.6 is 0 Å². The van der Waals surface area contributed by atoms with Crippen molar-refractivity contribution in [1.82, 2.24) is 40.6 Å². The molecule has 5 N–H and O–H groups in total. The molecule has 2 aliphatic carbocycles. The molecule has 5 fully saturated rings. The number of halogens is 1. The van der Waals surface area contributed by atoms with Crippen LogP contribution in [0, 0.1) is 34.9 Å². The Hall–Kier alpha value is -6.38. The Morgan fingerprint density at radius 1 is 0.917 bits per heavy atom. The number of aliphatic hydroxyl groups excluding tert-OH is 1. The van der Waals surface area contributed by atoms with Crippen LogP contribution in [0.2, 0.25) is 0 Å². The molecule has 72 heavy (non-hydrogen) atoms. The number of aliphatic hydroxyl groups is 1. The highest BCUT2D eigenvalue weighted by Gasteiger charge is 2.50. The summed E-state index contributed by atoms with van der Waals surface area (Å²) in [6, 6.07) is 12.5. The molecule has 382 valence electrons. The number of amides is 3. The third-order valence-corrected chi connectivity index (χ3v) is 16.1. The number of likely N-dealkylation sites (tertiary alicyclic amines) is 2. The highest BCUT2D eigenvalue weighted by atomic mass is 19.1. The summed E-state index contributed by atoms with van der Waals surface area (Å²) in [7, 11) is 0. The first-order valence-electron chi connectivity index (χ1n) is 25.9. The Morgan fingerprint density at radius 2 is 1.60 bits per heavy atom.